The van der Waals surface area contributed by atoms with Crippen molar-refractivity contribution in [1.82, 2.24) is 5.32 Å². The van der Waals surface area contributed by atoms with Crippen LogP contribution in [-0.2, 0) is 16.0 Å². The van der Waals surface area contributed by atoms with Crippen LogP contribution in [0.3, 0.4) is 0 Å². The van der Waals surface area contributed by atoms with Crippen LogP contribution in [0.2, 0.25) is 0 Å². The molecule has 1 aromatic rings. The van der Waals surface area contributed by atoms with E-state index in [-0.39, 0.29) is 17.7 Å². The molecule has 0 aliphatic heterocycles. The second kappa shape index (κ2) is 8.32. The lowest BCUT2D eigenvalue weighted by molar-refractivity contribution is -0.120. The molecule has 0 aliphatic carbocycles. The lowest BCUT2D eigenvalue weighted by Crippen LogP contribution is -2.24. The highest BCUT2D eigenvalue weighted by Gasteiger charge is 2.11. The molecule has 1 atom stereocenters. The van der Waals surface area contributed by atoms with Crippen LogP contribution in [-0.4, -0.2) is 24.9 Å². The molecule has 0 heterocycles. The SMILES string of the molecule is CCNC(=O)Cc1ccc(NC(=O)C(C)CCN)cc1. The Hall–Kier alpha value is -1.88. The summed E-state index contributed by atoms with van der Waals surface area (Å²) < 4.78 is 0. The highest BCUT2D eigenvalue weighted by atomic mass is 16.2. The maximum absolute atomic E-state index is 11.8. The molecular weight excluding hydrogens is 254 g/mol. The Balaban J connectivity index is 2.54. The first-order valence-corrected chi connectivity index (χ1v) is 6.93. The fourth-order valence-electron chi connectivity index (χ4n) is 1.80. The van der Waals surface area contributed by atoms with Gasteiger partial charge in [0.05, 0.1) is 6.42 Å². The standard InChI is InChI=1S/C15H23N3O2/c1-3-17-14(19)10-12-4-6-13(7-5-12)18-15(20)11(2)8-9-16/h4-7,11H,3,8-10,16H2,1-2H3,(H,17,19)(H,18,20). The van der Waals surface area contributed by atoms with Gasteiger partial charge in [0.25, 0.3) is 0 Å². The lowest BCUT2D eigenvalue weighted by atomic mass is 10.1. The number of anilines is 1. The van der Waals surface area contributed by atoms with Gasteiger partial charge in [0.1, 0.15) is 0 Å². The van der Waals surface area contributed by atoms with Gasteiger partial charge in [-0.2, -0.15) is 0 Å². The van der Waals surface area contributed by atoms with Crippen LogP contribution in [0.15, 0.2) is 24.3 Å². The number of nitrogens with two attached hydrogens (primary N) is 1. The third-order valence-electron chi connectivity index (χ3n) is 3.01. The van der Waals surface area contributed by atoms with Crippen molar-refractivity contribution in [3.63, 3.8) is 0 Å². The van der Waals surface area contributed by atoms with Crippen molar-refractivity contribution in [2.24, 2.45) is 11.7 Å². The van der Waals surface area contributed by atoms with E-state index in [0.29, 0.717) is 25.9 Å². The Labute approximate surface area is 119 Å². The summed E-state index contributed by atoms with van der Waals surface area (Å²) in [5.74, 6) is -0.136. The molecule has 0 bridgehead atoms. The van der Waals surface area contributed by atoms with Gasteiger partial charge in [-0.15, -0.1) is 0 Å². The topological polar surface area (TPSA) is 84.2 Å². The van der Waals surface area contributed by atoms with Gasteiger partial charge in [0, 0.05) is 18.2 Å². The summed E-state index contributed by atoms with van der Waals surface area (Å²) in [6, 6.07) is 7.31. The number of amides is 2. The van der Waals surface area contributed by atoms with Crippen molar-refractivity contribution in [2.75, 3.05) is 18.4 Å². The number of nitrogens with one attached hydrogen (secondary N) is 2. The molecule has 0 saturated carbocycles. The number of rotatable bonds is 7. The lowest BCUT2D eigenvalue weighted by Gasteiger charge is -2.11. The van der Waals surface area contributed by atoms with Crippen LogP contribution in [0.1, 0.15) is 25.8 Å². The largest absolute Gasteiger partial charge is 0.356 e. The predicted octanol–water partition coefficient (Wildman–Crippen LogP) is 1.29. The highest BCUT2D eigenvalue weighted by Crippen LogP contribution is 2.12. The molecular formula is C15H23N3O2. The highest BCUT2D eigenvalue weighted by molar-refractivity contribution is 5.92. The Bertz CT molecular complexity index is 443. The Morgan fingerprint density at radius 3 is 2.45 bits per heavy atom. The first-order valence-electron chi connectivity index (χ1n) is 6.93. The summed E-state index contributed by atoms with van der Waals surface area (Å²) in [6.07, 6.45) is 1.02. The van der Waals surface area contributed by atoms with Gasteiger partial charge in [0.15, 0.2) is 0 Å². The molecule has 0 spiro atoms. The van der Waals surface area contributed by atoms with E-state index in [1.165, 1.54) is 0 Å². The molecule has 20 heavy (non-hydrogen) atoms. The van der Waals surface area contributed by atoms with Crippen molar-refractivity contribution >= 4 is 17.5 Å². The van der Waals surface area contributed by atoms with Crippen molar-refractivity contribution < 1.29 is 9.59 Å². The summed E-state index contributed by atoms with van der Waals surface area (Å²) in [4.78, 5) is 23.3. The van der Waals surface area contributed by atoms with Gasteiger partial charge in [-0.25, -0.2) is 0 Å². The van der Waals surface area contributed by atoms with E-state index in [0.717, 1.165) is 11.3 Å². The van der Waals surface area contributed by atoms with Crippen molar-refractivity contribution in [1.29, 1.82) is 0 Å². The molecule has 1 rings (SSSR count). The van der Waals surface area contributed by atoms with Gasteiger partial charge in [-0.1, -0.05) is 19.1 Å². The molecule has 1 aromatic carbocycles. The van der Waals surface area contributed by atoms with Gasteiger partial charge < -0.3 is 16.4 Å². The van der Waals surface area contributed by atoms with Crippen LogP contribution in [0.5, 0.6) is 0 Å². The van der Waals surface area contributed by atoms with Gasteiger partial charge in [0.2, 0.25) is 11.8 Å². The summed E-state index contributed by atoms with van der Waals surface area (Å²) in [5.41, 5.74) is 7.09. The number of carbonyl (C=O) groups excluding carboxylic acids is 2. The number of benzene rings is 1. The summed E-state index contributed by atoms with van der Waals surface area (Å²) in [7, 11) is 0. The van der Waals surface area contributed by atoms with Gasteiger partial charge in [-0.3, -0.25) is 9.59 Å². The second-order valence-electron chi connectivity index (χ2n) is 4.79. The summed E-state index contributed by atoms with van der Waals surface area (Å²) >= 11 is 0. The molecule has 1 unspecified atom stereocenters. The van der Waals surface area contributed by atoms with Crippen LogP contribution in [0, 0.1) is 5.92 Å². The fraction of sp³-hybridized carbons (Fsp3) is 0.467. The zero-order valence-corrected chi connectivity index (χ0v) is 12.1. The maximum Gasteiger partial charge on any atom is 0.227 e. The number of hydrogen-bond acceptors (Lipinski definition) is 3. The second-order valence-corrected chi connectivity index (χ2v) is 4.79. The summed E-state index contributed by atoms with van der Waals surface area (Å²) in [5, 5.41) is 5.59. The molecule has 4 N–H and O–H groups in total. The third-order valence-corrected chi connectivity index (χ3v) is 3.01. The monoisotopic (exact) mass is 277 g/mol. The minimum absolute atomic E-state index is 0.000790. The molecule has 110 valence electrons. The van der Waals surface area contributed by atoms with E-state index in [2.05, 4.69) is 10.6 Å². The average molecular weight is 277 g/mol. The van der Waals surface area contributed by atoms with E-state index >= 15 is 0 Å². The first-order chi connectivity index (χ1) is 9.56. The minimum atomic E-state index is -0.102. The van der Waals surface area contributed by atoms with Crippen LogP contribution in [0.25, 0.3) is 0 Å². The van der Waals surface area contributed by atoms with Gasteiger partial charge >= 0.3 is 0 Å². The van der Waals surface area contributed by atoms with Crippen LogP contribution in [0.4, 0.5) is 5.69 Å². The maximum atomic E-state index is 11.8. The molecule has 0 fully saturated rings. The van der Waals surface area contributed by atoms with Gasteiger partial charge in [-0.05, 0) is 37.6 Å². The Morgan fingerprint density at radius 2 is 1.90 bits per heavy atom. The Kier molecular flexibility index (Phi) is 6.73. The predicted molar refractivity (Wildman–Crippen MR) is 80.3 cm³/mol. The molecule has 5 nitrogen and oxygen atoms in total. The normalized spacial score (nSPS) is 11.8. The van der Waals surface area contributed by atoms with Crippen molar-refractivity contribution in [3.05, 3.63) is 29.8 Å². The quantitative estimate of drug-likeness (QED) is 0.702. The number of likely N-dealkylation sites (N-methyl/N-ethyl adjacent to an activating group) is 1. The zero-order valence-electron chi connectivity index (χ0n) is 12.1. The first kappa shape index (κ1) is 16.2. The fourth-order valence-corrected chi connectivity index (χ4v) is 1.80. The molecule has 5 heteroatoms. The molecule has 0 aliphatic rings. The van der Waals surface area contributed by atoms with Crippen molar-refractivity contribution in [2.45, 2.75) is 26.7 Å². The Morgan fingerprint density at radius 1 is 1.25 bits per heavy atom. The van der Waals surface area contributed by atoms with E-state index in [1.54, 1.807) is 0 Å². The van der Waals surface area contributed by atoms with E-state index in [9.17, 15) is 9.59 Å². The van der Waals surface area contributed by atoms with Crippen LogP contribution < -0.4 is 16.4 Å². The number of carbonyl (C=O) groups is 2. The minimum Gasteiger partial charge on any atom is -0.356 e. The zero-order chi connectivity index (χ0) is 15.0. The summed E-state index contributed by atoms with van der Waals surface area (Å²) in [6.45, 7) is 4.87. The van der Waals surface area contributed by atoms with E-state index < -0.39 is 0 Å². The van der Waals surface area contributed by atoms with E-state index in [4.69, 9.17) is 5.73 Å². The van der Waals surface area contributed by atoms with Crippen LogP contribution >= 0.6 is 0 Å². The smallest absolute Gasteiger partial charge is 0.227 e. The molecule has 0 saturated heterocycles. The number of hydrogen-bond donors (Lipinski definition) is 3. The van der Waals surface area contributed by atoms with Crippen molar-refractivity contribution in [3.8, 4) is 0 Å². The third kappa shape index (κ3) is 5.40. The molecule has 0 radical (unpaired) electrons. The molecule has 0 aromatic heterocycles. The average Bonchev–Trinajstić information content (AvgIpc) is 2.41. The molecule has 2 amide bonds. The van der Waals surface area contributed by atoms with E-state index in [1.807, 2.05) is 38.1 Å².